The minimum atomic E-state index is -2.48. The zero-order valence-electron chi connectivity index (χ0n) is 27.6. The summed E-state index contributed by atoms with van der Waals surface area (Å²) in [7, 11) is 3.98. The number of methoxy groups -OCH3 is 3. The van der Waals surface area contributed by atoms with Crippen LogP contribution in [0, 0.1) is 0 Å². The lowest BCUT2D eigenvalue weighted by atomic mass is 9.99. The van der Waals surface area contributed by atoms with E-state index in [1.165, 1.54) is 63.8 Å². The minimum Gasteiger partial charge on any atom is -0.504 e. The summed E-state index contributed by atoms with van der Waals surface area (Å²) in [5, 5.41) is 82.7. The lowest BCUT2D eigenvalue weighted by Crippen LogP contribution is -2.63. The largest absolute Gasteiger partial charge is 0.504 e. The standard InChI is InChI=1S/C33H40O18/c1-44-19-10-16(4-7-18(19)36)5-9-25(38)49-31-28(41)22(13-34)50-33(31,15-35)51-32-30(43)29(42)27(40)23(48-32)14-47-24(37)8-6-17-11-20(45-2)26(39)21(12-17)46-3/h4-12,22-23,27-32,34-36,39-43H,13-15H2,1-3H3/b8-6+,9-5+/t22-,23+,27+,28+,29-,30+,31-,32+,33-/m0/s1. The number of hydrogen-bond donors (Lipinski definition) is 8. The summed E-state index contributed by atoms with van der Waals surface area (Å²) in [5.41, 5.74) is 0.803. The number of benzene rings is 2. The first kappa shape index (κ1) is 39.3. The van der Waals surface area contributed by atoms with Gasteiger partial charge in [0.15, 0.2) is 35.4 Å². The van der Waals surface area contributed by atoms with Crippen molar-refractivity contribution in [2.75, 3.05) is 41.2 Å². The molecule has 2 aromatic carbocycles. The van der Waals surface area contributed by atoms with E-state index in [1.807, 2.05) is 0 Å². The number of carbonyl (C=O) groups excluding carboxylic acids is 2. The molecular formula is C33H40O18. The zero-order chi connectivity index (χ0) is 37.5. The number of rotatable bonds is 14. The van der Waals surface area contributed by atoms with Crippen molar-refractivity contribution in [1.82, 2.24) is 0 Å². The smallest absolute Gasteiger partial charge is 0.331 e. The Bertz CT molecular complexity index is 1550. The highest BCUT2D eigenvalue weighted by atomic mass is 16.8. The molecule has 0 spiro atoms. The topological polar surface area (TPSA) is 270 Å². The number of aliphatic hydroxyl groups excluding tert-OH is 6. The Morgan fingerprint density at radius 2 is 1.39 bits per heavy atom. The van der Waals surface area contributed by atoms with Crippen molar-refractivity contribution in [3.8, 4) is 28.7 Å². The van der Waals surface area contributed by atoms with Gasteiger partial charge < -0.3 is 78.7 Å². The number of aromatic hydroxyl groups is 2. The second-order valence-electron chi connectivity index (χ2n) is 11.3. The number of phenolic OH excluding ortho intramolecular Hbond substituents is 2. The Hall–Kier alpha value is -4.50. The lowest BCUT2D eigenvalue weighted by molar-refractivity contribution is -0.383. The van der Waals surface area contributed by atoms with E-state index in [0.29, 0.717) is 11.1 Å². The van der Waals surface area contributed by atoms with Crippen LogP contribution in [0.15, 0.2) is 42.5 Å². The summed E-state index contributed by atoms with van der Waals surface area (Å²) < 4.78 is 42.5. The maximum Gasteiger partial charge on any atom is 0.331 e. The molecular weight excluding hydrogens is 684 g/mol. The quantitative estimate of drug-likeness (QED) is 0.0819. The van der Waals surface area contributed by atoms with Gasteiger partial charge in [0.2, 0.25) is 11.5 Å². The highest BCUT2D eigenvalue weighted by molar-refractivity contribution is 5.88. The normalized spacial score (nSPS) is 29.3. The average Bonchev–Trinajstić information content (AvgIpc) is 3.39. The van der Waals surface area contributed by atoms with Crippen LogP contribution in [-0.2, 0) is 33.3 Å². The van der Waals surface area contributed by atoms with Crippen LogP contribution >= 0.6 is 0 Å². The molecule has 2 saturated heterocycles. The molecule has 4 rings (SSSR count). The first-order valence-corrected chi connectivity index (χ1v) is 15.3. The molecule has 18 heteroatoms. The van der Waals surface area contributed by atoms with Gasteiger partial charge >= 0.3 is 11.9 Å². The zero-order valence-corrected chi connectivity index (χ0v) is 27.6. The fourth-order valence-corrected chi connectivity index (χ4v) is 5.27. The summed E-state index contributed by atoms with van der Waals surface area (Å²) >= 11 is 0. The lowest BCUT2D eigenvalue weighted by Gasteiger charge is -2.43. The Balaban J connectivity index is 1.47. The van der Waals surface area contributed by atoms with Gasteiger partial charge in [0.1, 0.15) is 49.8 Å². The maximum atomic E-state index is 12.8. The number of phenols is 2. The van der Waals surface area contributed by atoms with Crippen molar-refractivity contribution in [1.29, 1.82) is 0 Å². The third-order valence-corrected chi connectivity index (χ3v) is 8.02. The van der Waals surface area contributed by atoms with Crippen LogP contribution in [0.1, 0.15) is 11.1 Å². The summed E-state index contributed by atoms with van der Waals surface area (Å²) in [4.78, 5) is 25.3. The molecule has 2 heterocycles. The molecule has 2 aliphatic heterocycles. The SMILES string of the molecule is COc1cc(/C=C/C(=O)O[C@H]2[C@H](O)[C@H](CO)O[C@@]2(CO)O[C@H]2O[C@H](COC(=O)/C=C/c3cc(OC)c(O)c(OC)c3)[C@@H](O)[C@H](O)[C@H]2O)ccc1O. The predicted molar refractivity (Wildman–Crippen MR) is 170 cm³/mol. The summed E-state index contributed by atoms with van der Waals surface area (Å²) in [6, 6.07) is 7.06. The van der Waals surface area contributed by atoms with Crippen molar-refractivity contribution >= 4 is 24.1 Å². The molecule has 8 N–H and O–H groups in total. The third-order valence-electron chi connectivity index (χ3n) is 8.02. The van der Waals surface area contributed by atoms with Gasteiger partial charge in [-0.05, 0) is 47.5 Å². The van der Waals surface area contributed by atoms with Gasteiger partial charge in [0.25, 0.3) is 0 Å². The number of ether oxygens (including phenoxy) is 8. The first-order chi connectivity index (χ1) is 24.3. The second-order valence-corrected chi connectivity index (χ2v) is 11.3. The van der Waals surface area contributed by atoms with Gasteiger partial charge in [-0.2, -0.15) is 0 Å². The molecule has 0 bridgehead atoms. The highest BCUT2D eigenvalue weighted by Gasteiger charge is 2.60. The van der Waals surface area contributed by atoms with Gasteiger partial charge in [-0.3, -0.25) is 0 Å². The van der Waals surface area contributed by atoms with E-state index in [9.17, 15) is 50.4 Å². The molecule has 51 heavy (non-hydrogen) atoms. The van der Waals surface area contributed by atoms with Crippen LogP contribution < -0.4 is 14.2 Å². The van der Waals surface area contributed by atoms with Crippen LogP contribution in [0.2, 0.25) is 0 Å². The van der Waals surface area contributed by atoms with Crippen LogP contribution in [0.25, 0.3) is 12.2 Å². The van der Waals surface area contributed by atoms with Crippen molar-refractivity contribution < 1.29 is 88.3 Å². The molecule has 2 fully saturated rings. The molecule has 9 atom stereocenters. The Morgan fingerprint density at radius 1 is 0.784 bits per heavy atom. The number of hydrogen-bond acceptors (Lipinski definition) is 18. The predicted octanol–water partition coefficient (Wildman–Crippen LogP) is -1.43. The number of esters is 2. The van der Waals surface area contributed by atoms with E-state index >= 15 is 0 Å². The molecule has 0 saturated carbocycles. The van der Waals surface area contributed by atoms with Crippen molar-refractivity contribution in [2.45, 2.75) is 54.8 Å². The molecule has 280 valence electrons. The van der Waals surface area contributed by atoms with Gasteiger partial charge in [0.05, 0.1) is 27.9 Å². The Labute approximate surface area is 290 Å². The van der Waals surface area contributed by atoms with E-state index in [-0.39, 0.29) is 28.7 Å². The molecule has 2 aliphatic rings. The number of aliphatic hydroxyl groups is 6. The number of carbonyl (C=O) groups is 2. The monoisotopic (exact) mass is 724 g/mol. The van der Waals surface area contributed by atoms with Crippen LogP contribution in [0.5, 0.6) is 28.7 Å². The maximum absolute atomic E-state index is 12.8. The third kappa shape index (κ3) is 8.87. The Morgan fingerprint density at radius 3 is 2.00 bits per heavy atom. The summed E-state index contributed by atoms with van der Waals surface area (Å²) in [6.45, 7) is -2.65. The van der Waals surface area contributed by atoms with Crippen molar-refractivity contribution in [2.24, 2.45) is 0 Å². The molecule has 0 aliphatic carbocycles. The van der Waals surface area contributed by atoms with E-state index in [2.05, 4.69) is 0 Å². The summed E-state index contributed by atoms with van der Waals surface area (Å²) in [5.74, 6) is -4.59. The van der Waals surface area contributed by atoms with Gasteiger partial charge in [-0.15, -0.1) is 0 Å². The molecule has 18 nitrogen and oxygen atoms in total. The fourth-order valence-electron chi connectivity index (χ4n) is 5.27. The van der Waals surface area contributed by atoms with E-state index < -0.39 is 86.6 Å². The fraction of sp³-hybridized carbons (Fsp3) is 0.455. The van der Waals surface area contributed by atoms with Gasteiger partial charge in [0, 0.05) is 12.2 Å². The highest BCUT2D eigenvalue weighted by Crippen LogP contribution is 2.39. The minimum absolute atomic E-state index is 0.0769. The van der Waals surface area contributed by atoms with Crippen molar-refractivity contribution in [3.63, 3.8) is 0 Å². The van der Waals surface area contributed by atoms with E-state index in [4.69, 9.17) is 37.9 Å². The van der Waals surface area contributed by atoms with Gasteiger partial charge in [-0.1, -0.05) is 6.07 Å². The van der Waals surface area contributed by atoms with Crippen molar-refractivity contribution in [3.05, 3.63) is 53.6 Å². The van der Waals surface area contributed by atoms with Crippen LogP contribution in [0.3, 0.4) is 0 Å². The Kier molecular flexibility index (Phi) is 13.2. The molecule has 0 unspecified atom stereocenters. The van der Waals surface area contributed by atoms with Gasteiger partial charge in [-0.25, -0.2) is 9.59 Å². The average molecular weight is 725 g/mol. The van der Waals surface area contributed by atoms with E-state index in [0.717, 1.165) is 12.2 Å². The molecule has 2 aromatic rings. The molecule has 0 radical (unpaired) electrons. The molecule has 0 amide bonds. The first-order valence-electron chi connectivity index (χ1n) is 15.3. The second kappa shape index (κ2) is 17.1. The summed E-state index contributed by atoms with van der Waals surface area (Å²) in [6.07, 6.45) is -9.77. The van der Waals surface area contributed by atoms with Crippen LogP contribution in [-0.4, -0.2) is 149 Å². The van der Waals surface area contributed by atoms with E-state index in [1.54, 1.807) is 0 Å². The molecule has 0 aromatic heterocycles. The van der Waals surface area contributed by atoms with Crippen LogP contribution in [0.4, 0.5) is 0 Å².